The highest BCUT2D eigenvalue weighted by molar-refractivity contribution is 5.99. The highest BCUT2D eigenvalue weighted by Gasteiger charge is 2.42. The van der Waals surface area contributed by atoms with Gasteiger partial charge in [0.2, 0.25) is 5.91 Å². The molecule has 2 rings (SSSR count). The number of ether oxygens (including phenoxy) is 1. The first-order valence-corrected chi connectivity index (χ1v) is 8.42. The molecule has 142 valence electrons. The summed E-state index contributed by atoms with van der Waals surface area (Å²) in [5, 5.41) is 2.75. The zero-order valence-electron chi connectivity index (χ0n) is 15.6. The van der Waals surface area contributed by atoms with Gasteiger partial charge < -0.3 is 10.1 Å². The number of amides is 3. The number of hydrogen-bond acceptors (Lipinski definition) is 4. The highest BCUT2D eigenvalue weighted by atomic mass is 16.5. The van der Waals surface area contributed by atoms with Crippen LogP contribution in [0.2, 0.25) is 0 Å². The number of urea groups is 1. The Morgan fingerprint density at radius 1 is 1.26 bits per heavy atom. The van der Waals surface area contributed by atoms with E-state index in [0.29, 0.717) is 11.4 Å². The van der Waals surface area contributed by atoms with Gasteiger partial charge in [0.1, 0.15) is 19.0 Å². The van der Waals surface area contributed by atoms with Crippen LogP contribution in [-0.4, -0.2) is 42.1 Å². The van der Waals surface area contributed by atoms with Gasteiger partial charge in [-0.05, 0) is 32.1 Å². The summed E-state index contributed by atoms with van der Waals surface area (Å²) >= 11 is 0. The van der Waals surface area contributed by atoms with Crippen LogP contribution in [0.1, 0.15) is 13.8 Å². The first-order valence-electron chi connectivity index (χ1n) is 8.42. The smallest absolute Gasteiger partial charge is 0.329 e. The van der Waals surface area contributed by atoms with Gasteiger partial charge in [-0.15, -0.1) is 0 Å². The van der Waals surface area contributed by atoms with Crippen LogP contribution >= 0.6 is 0 Å². The summed E-state index contributed by atoms with van der Waals surface area (Å²) in [5.41, 5.74) is -0.0191. The zero-order valence-corrected chi connectivity index (χ0v) is 15.6. The van der Waals surface area contributed by atoms with E-state index < -0.39 is 5.54 Å². The number of carbonyl (C=O) groups excluding carboxylic acids is 2. The molecule has 1 N–H and O–H groups in total. The molecular weight excluding hydrogens is 344 g/mol. The van der Waals surface area contributed by atoms with Crippen LogP contribution in [0.25, 0.3) is 0 Å². The van der Waals surface area contributed by atoms with Crippen LogP contribution in [0, 0.1) is 0 Å². The Hall–Kier alpha value is -3.19. The molecular formula is C20H24N4O3. The minimum atomic E-state index is -1.16. The lowest BCUT2D eigenvalue weighted by Crippen LogP contribution is -2.63. The van der Waals surface area contributed by atoms with Gasteiger partial charge in [0.15, 0.2) is 0 Å². The number of nitrogens with one attached hydrogen (secondary N) is 1. The number of benzene rings is 1. The Labute approximate surface area is 159 Å². The molecule has 1 aliphatic rings. The van der Waals surface area contributed by atoms with Crippen LogP contribution < -0.4 is 10.2 Å². The number of anilines is 1. The Morgan fingerprint density at radius 2 is 1.96 bits per heavy atom. The van der Waals surface area contributed by atoms with E-state index in [4.69, 9.17) is 4.74 Å². The lowest BCUT2D eigenvalue weighted by Gasteiger charge is -2.43. The van der Waals surface area contributed by atoms with E-state index in [0.717, 1.165) is 0 Å². The van der Waals surface area contributed by atoms with Crippen molar-refractivity contribution < 1.29 is 14.3 Å². The molecule has 27 heavy (non-hydrogen) atoms. The van der Waals surface area contributed by atoms with Crippen molar-refractivity contribution in [3.05, 3.63) is 67.5 Å². The van der Waals surface area contributed by atoms with Gasteiger partial charge in [-0.3, -0.25) is 19.6 Å². The summed E-state index contributed by atoms with van der Waals surface area (Å²) < 4.78 is 5.55. The summed E-state index contributed by atoms with van der Waals surface area (Å²) in [7, 11) is 0. The molecule has 3 amide bonds. The van der Waals surface area contributed by atoms with Crippen LogP contribution in [0.3, 0.4) is 0 Å². The molecule has 0 unspecified atom stereocenters. The molecule has 0 spiro atoms. The summed E-state index contributed by atoms with van der Waals surface area (Å²) in [6.07, 6.45) is 5.94. The topological polar surface area (TPSA) is 74.2 Å². The molecule has 7 nitrogen and oxygen atoms in total. The predicted octanol–water partition coefficient (Wildman–Crippen LogP) is 3.04. The SMILES string of the molecule is C=C/C=C(\C=N/C=C)NC(=O)C(C)(C)N1COCN(c2ccccc2)C1=O. The molecule has 0 radical (unpaired) electrons. The standard InChI is InChI=1S/C20H24N4O3/c1-5-10-16(13-21-6-2)22-18(25)20(3,4)24-15-27-14-23(19(24)26)17-11-8-7-9-12-17/h5-13H,1-2,14-15H2,3-4H3,(H,22,25)/b16-10+,21-13-. The van der Waals surface area contributed by atoms with Gasteiger partial charge >= 0.3 is 6.03 Å². The van der Waals surface area contributed by atoms with Gasteiger partial charge in [-0.1, -0.05) is 37.4 Å². The van der Waals surface area contributed by atoms with E-state index in [9.17, 15) is 9.59 Å². The average molecular weight is 368 g/mol. The summed E-state index contributed by atoms with van der Waals surface area (Å²) in [6.45, 7) is 10.6. The maximum absolute atomic E-state index is 13.0. The zero-order chi connectivity index (χ0) is 19.9. The lowest BCUT2D eigenvalue weighted by atomic mass is 10.0. The predicted molar refractivity (Wildman–Crippen MR) is 106 cm³/mol. The maximum atomic E-state index is 13.0. The number of rotatable bonds is 7. The molecule has 1 heterocycles. The van der Waals surface area contributed by atoms with Gasteiger partial charge in [0.05, 0.1) is 11.9 Å². The molecule has 0 bridgehead atoms. The van der Waals surface area contributed by atoms with Crippen LogP contribution in [0.15, 0.2) is 72.5 Å². The molecule has 1 aromatic rings. The minimum absolute atomic E-state index is 0.0177. The van der Waals surface area contributed by atoms with Gasteiger partial charge in [-0.2, -0.15) is 0 Å². The Bertz CT molecular complexity index is 769. The number of aliphatic imine (C=N–C) groups is 1. The van der Waals surface area contributed by atoms with Crippen molar-refractivity contribution in [2.24, 2.45) is 4.99 Å². The second-order valence-corrected chi connectivity index (χ2v) is 6.27. The number of carbonyl (C=O) groups is 2. The van der Waals surface area contributed by atoms with E-state index >= 15 is 0 Å². The normalized spacial score (nSPS) is 15.8. The summed E-state index contributed by atoms with van der Waals surface area (Å²) in [5.74, 6) is -0.377. The van der Waals surface area contributed by atoms with Crippen molar-refractivity contribution in [1.29, 1.82) is 0 Å². The fourth-order valence-corrected chi connectivity index (χ4v) is 2.46. The van der Waals surface area contributed by atoms with Crippen LogP contribution in [-0.2, 0) is 9.53 Å². The third-order valence-electron chi connectivity index (χ3n) is 4.08. The second kappa shape index (κ2) is 8.95. The number of hydrogen-bond donors (Lipinski definition) is 1. The summed E-state index contributed by atoms with van der Waals surface area (Å²) in [4.78, 5) is 32.6. The van der Waals surface area contributed by atoms with E-state index in [1.165, 1.54) is 28.3 Å². The van der Waals surface area contributed by atoms with Gasteiger partial charge in [-0.25, -0.2) is 4.79 Å². The van der Waals surface area contributed by atoms with Gasteiger partial charge in [0.25, 0.3) is 0 Å². The number of para-hydroxylation sites is 1. The van der Waals surface area contributed by atoms with E-state index in [1.54, 1.807) is 19.9 Å². The highest BCUT2D eigenvalue weighted by Crippen LogP contribution is 2.24. The summed E-state index contributed by atoms with van der Waals surface area (Å²) in [6, 6.07) is 8.87. The van der Waals surface area contributed by atoms with Crippen molar-refractivity contribution in [2.45, 2.75) is 19.4 Å². The first kappa shape index (κ1) is 20.1. The molecule has 1 aliphatic heterocycles. The fraction of sp³-hybridized carbons (Fsp3) is 0.250. The Kier molecular flexibility index (Phi) is 6.67. The molecule has 0 saturated carbocycles. The molecule has 1 saturated heterocycles. The maximum Gasteiger partial charge on any atom is 0.329 e. The van der Waals surface area contributed by atoms with E-state index in [-0.39, 0.29) is 25.4 Å². The second-order valence-electron chi connectivity index (χ2n) is 6.27. The third-order valence-corrected chi connectivity index (χ3v) is 4.08. The molecule has 0 atom stereocenters. The first-order chi connectivity index (χ1) is 12.9. The third kappa shape index (κ3) is 4.71. The number of allylic oxidation sites excluding steroid dienone is 3. The van der Waals surface area contributed by atoms with Crippen LogP contribution in [0.5, 0.6) is 0 Å². The van der Waals surface area contributed by atoms with E-state index in [1.807, 2.05) is 30.3 Å². The Morgan fingerprint density at radius 3 is 2.59 bits per heavy atom. The largest absolute Gasteiger partial charge is 0.340 e. The average Bonchev–Trinajstić information content (AvgIpc) is 2.67. The van der Waals surface area contributed by atoms with Crippen molar-refractivity contribution in [3.63, 3.8) is 0 Å². The van der Waals surface area contributed by atoms with E-state index in [2.05, 4.69) is 23.5 Å². The monoisotopic (exact) mass is 368 g/mol. The number of nitrogens with zero attached hydrogens (tertiary/aromatic N) is 3. The van der Waals surface area contributed by atoms with Crippen LogP contribution in [0.4, 0.5) is 10.5 Å². The van der Waals surface area contributed by atoms with Crippen molar-refractivity contribution >= 4 is 23.8 Å². The lowest BCUT2D eigenvalue weighted by molar-refractivity contribution is -0.133. The van der Waals surface area contributed by atoms with Crippen molar-refractivity contribution in [2.75, 3.05) is 18.4 Å². The minimum Gasteiger partial charge on any atom is -0.340 e. The van der Waals surface area contributed by atoms with Crippen molar-refractivity contribution in [3.8, 4) is 0 Å². The molecule has 7 heteroatoms. The quantitative estimate of drug-likeness (QED) is 0.594. The van der Waals surface area contributed by atoms with Gasteiger partial charge in [0, 0.05) is 11.9 Å². The molecule has 0 aromatic heterocycles. The van der Waals surface area contributed by atoms with Crippen molar-refractivity contribution in [1.82, 2.24) is 10.2 Å². The molecule has 1 aromatic carbocycles. The fourth-order valence-electron chi connectivity index (χ4n) is 2.46. The molecule has 1 fully saturated rings. The molecule has 0 aliphatic carbocycles. The Balaban J connectivity index is 2.20.